The first-order valence-electron chi connectivity index (χ1n) is 11.3. The molecule has 1 aromatic carbocycles. The summed E-state index contributed by atoms with van der Waals surface area (Å²) in [5.74, 6) is 1.89. The molecule has 5 rings (SSSR count). The molecular weight excluding hydrogens is 436 g/mol. The Morgan fingerprint density at radius 3 is 2.47 bits per heavy atom. The van der Waals surface area contributed by atoms with Gasteiger partial charge in [0.25, 0.3) is 0 Å². The number of methoxy groups -OCH3 is 2. The second-order valence-corrected chi connectivity index (χ2v) is 8.85. The van der Waals surface area contributed by atoms with Crippen LogP contribution in [0.4, 0.5) is 5.82 Å². The van der Waals surface area contributed by atoms with Crippen molar-refractivity contribution in [1.29, 1.82) is 0 Å². The number of carbonyl (C=O) groups excluding carboxylic acids is 1. The molecule has 10 heteroatoms. The molecule has 1 amide bonds. The summed E-state index contributed by atoms with van der Waals surface area (Å²) in [6, 6.07) is 5.66. The molecule has 0 bridgehead atoms. The monoisotopic (exact) mass is 464 g/mol. The van der Waals surface area contributed by atoms with Gasteiger partial charge in [-0.3, -0.25) is 13.9 Å². The molecule has 1 atom stereocenters. The van der Waals surface area contributed by atoms with Gasteiger partial charge in [-0.2, -0.15) is 0 Å². The minimum absolute atomic E-state index is 0.0286. The SMILES string of the molecule is C=CC(=O)N1CC[C@H](n2c(=O)n(C3CC(c4cc(OC)cc(OC)c4)C3)c3c(N)ncnc32)C1. The summed E-state index contributed by atoms with van der Waals surface area (Å²) in [4.78, 5) is 36.0. The number of imidazole rings is 1. The van der Waals surface area contributed by atoms with Crippen molar-refractivity contribution >= 4 is 22.9 Å². The maximum atomic E-state index is 13.7. The summed E-state index contributed by atoms with van der Waals surface area (Å²) >= 11 is 0. The molecule has 0 spiro atoms. The minimum atomic E-state index is -0.173. The summed E-state index contributed by atoms with van der Waals surface area (Å²) in [6.07, 6.45) is 4.90. The number of carbonyl (C=O) groups is 1. The van der Waals surface area contributed by atoms with Crippen LogP contribution >= 0.6 is 0 Å². The Kier molecular flexibility index (Phi) is 5.51. The number of fused-ring (bicyclic) bond motifs is 1. The number of aromatic nitrogens is 4. The highest BCUT2D eigenvalue weighted by atomic mass is 16.5. The van der Waals surface area contributed by atoms with Gasteiger partial charge in [0, 0.05) is 25.2 Å². The van der Waals surface area contributed by atoms with Gasteiger partial charge in [-0.25, -0.2) is 14.8 Å². The summed E-state index contributed by atoms with van der Waals surface area (Å²) in [5.41, 5.74) is 8.27. The van der Waals surface area contributed by atoms with E-state index < -0.39 is 0 Å². The zero-order valence-corrected chi connectivity index (χ0v) is 19.3. The van der Waals surface area contributed by atoms with Crippen LogP contribution in [0.25, 0.3) is 11.2 Å². The predicted molar refractivity (Wildman–Crippen MR) is 127 cm³/mol. The van der Waals surface area contributed by atoms with E-state index in [4.69, 9.17) is 15.2 Å². The van der Waals surface area contributed by atoms with Crippen molar-refractivity contribution in [3.05, 3.63) is 53.2 Å². The third-order valence-electron chi connectivity index (χ3n) is 7.05. The van der Waals surface area contributed by atoms with E-state index in [1.54, 1.807) is 28.3 Å². The quantitative estimate of drug-likeness (QED) is 0.556. The number of likely N-dealkylation sites (tertiary alicyclic amines) is 1. The summed E-state index contributed by atoms with van der Waals surface area (Å²) in [6.45, 7) is 4.57. The second kappa shape index (κ2) is 8.51. The molecular formula is C24H28N6O4. The average Bonchev–Trinajstić information content (AvgIpc) is 3.41. The number of ether oxygens (including phenoxy) is 2. The third kappa shape index (κ3) is 3.49. The summed E-state index contributed by atoms with van der Waals surface area (Å²) in [7, 11) is 3.26. The Balaban J connectivity index is 1.48. The van der Waals surface area contributed by atoms with Crippen LogP contribution in [-0.2, 0) is 4.79 Å². The first-order valence-corrected chi connectivity index (χ1v) is 11.3. The first kappa shape index (κ1) is 22.0. The topological polar surface area (TPSA) is 118 Å². The molecule has 0 radical (unpaired) electrons. The number of hydrogen-bond donors (Lipinski definition) is 1. The van der Waals surface area contributed by atoms with Crippen molar-refractivity contribution in [2.45, 2.75) is 37.3 Å². The number of amides is 1. The Labute approximate surface area is 196 Å². The van der Waals surface area contributed by atoms with Crippen molar-refractivity contribution in [2.24, 2.45) is 0 Å². The fourth-order valence-electron chi connectivity index (χ4n) is 5.18. The second-order valence-electron chi connectivity index (χ2n) is 8.85. The number of nitrogens with zero attached hydrogens (tertiary/aromatic N) is 5. The fourth-order valence-corrected chi connectivity index (χ4v) is 5.18. The lowest BCUT2D eigenvalue weighted by atomic mass is 9.75. The third-order valence-corrected chi connectivity index (χ3v) is 7.05. The van der Waals surface area contributed by atoms with Crippen LogP contribution in [0.1, 0.15) is 42.8 Å². The van der Waals surface area contributed by atoms with Crippen molar-refractivity contribution in [2.75, 3.05) is 33.0 Å². The van der Waals surface area contributed by atoms with Crippen molar-refractivity contribution in [1.82, 2.24) is 24.0 Å². The Bertz CT molecular complexity index is 1300. The van der Waals surface area contributed by atoms with E-state index in [0.717, 1.165) is 29.9 Å². The largest absolute Gasteiger partial charge is 0.497 e. The van der Waals surface area contributed by atoms with E-state index in [1.807, 2.05) is 18.2 Å². The van der Waals surface area contributed by atoms with Crippen LogP contribution in [0.3, 0.4) is 0 Å². The predicted octanol–water partition coefficient (Wildman–Crippen LogP) is 2.27. The van der Waals surface area contributed by atoms with Gasteiger partial charge in [0.15, 0.2) is 11.5 Å². The molecule has 1 saturated heterocycles. The van der Waals surface area contributed by atoms with Crippen LogP contribution in [0.15, 0.2) is 42.0 Å². The molecule has 1 aliphatic heterocycles. The van der Waals surface area contributed by atoms with Gasteiger partial charge in [-0.05, 0) is 49.0 Å². The van der Waals surface area contributed by atoms with E-state index >= 15 is 0 Å². The molecule has 1 aliphatic carbocycles. The molecule has 10 nitrogen and oxygen atoms in total. The lowest BCUT2D eigenvalue weighted by Gasteiger charge is -2.36. The highest BCUT2D eigenvalue weighted by molar-refractivity contribution is 5.87. The minimum Gasteiger partial charge on any atom is -0.497 e. The molecule has 2 fully saturated rings. The number of benzene rings is 1. The van der Waals surface area contributed by atoms with Gasteiger partial charge in [-0.1, -0.05) is 6.58 Å². The number of rotatable bonds is 6. The van der Waals surface area contributed by atoms with Gasteiger partial charge < -0.3 is 20.1 Å². The normalized spacial score (nSPS) is 21.9. The average molecular weight is 465 g/mol. The Morgan fingerprint density at radius 1 is 1.12 bits per heavy atom. The number of nitrogen functional groups attached to an aromatic ring is 1. The molecule has 2 aliphatic rings. The van der Waals surface area contributed by atoms with E-state index in [-0.39, 0.29) is 35.4 Å². The fraction of sp³-hybridized carbons (Fsp3) is 0.417. The number of hydrogen-bond acceptors (Lipinski definition) is 7. The van der Waals surface area contributed by atoms with E-state index in [0.29, 0.717) is 30.7 Å². The highest BCUT2D eigenvalue weighted by Crippen LogP contribution is 2.47. The Morgan fingerprint density at radius 2 is 1.82 bits per heavy atom. The van der Waals surface area contributed by atoms with Crippen LogP contribution in [-0.4, -0.2) is 57.2 Å². The highest BCUT2D eigenvalue weighted by Gasteiger charge is 2.38. The zero-order chi connectivity index (χ0) is 24.0. The van der Waals surface area contributed by atoms with Gasteiger partial charge >= 0.3 is 5.69 Å². The van der Waals surface area contributed by atoms with E-state index in [2.05, 4.69) is 16.5 Å². The van der Waals surface area contributed by atoms with Gasteiger partial charge in [0.05, 0.1) is 20.3 Å². The van der Waals surface area contributed by atoms with Crippen molar-refractivity contribution < 1.29 is 14.3 Å². The molecule has 1 saturated carbocycles. The number of nitrogens with two attached hydrogens (primary N) is 1. The molecule has 0 unspecified atom stereocenters. The lowest BCUT2D eigenvalue weighted by molar-refractivity contribution is -0.125. The van der Waals surface area contributed by atoms with Crippen LogP contribution in [0.2, 0.25) is 0 Å². The molecule has 3 heterocycles. The van der Waals surface area contributed by atoms with Crippen LogP contribution in [0.5, 0.6) is 11.5 Å². The van der Waals surface area contributed by atoms with Crippen LogP contribution < -0.4 is 20.9 Å². The smallest absolute Gasteiger partial charge is 0.331 e. The van der Waals surface area contributed by atoms with Gasteiger partial charge in [0.2, 0.25) is 5.91 Å². The first-order chi connectivity index (χ1) is 16.4. The van der Waals surface area contributed by atoms with E-state index in [9.17, 15) is 9.59 Å². The molecule has 34 heavy (non-hydrogen) atoms. The van der Waals surface area contributed by atoms with Gasteiger partial charge in [-0.15, -0.1) is 0 Å². The Hall–Kier alpha value is -3.82. The maximum Gasteiger partial charge on any atom is 0.331 e. The molecule has 178 valence electrons. The van der Waals surface area contributed by atoms with Crippen molar-refractivity contribution in [3.63, 3.8) is 0 Å². The molecule has 3 aromatic rings. The zero-order valence-electron chi connectivity index (χ0n) is 19.3. The van der Waals surface area contributed by atoms with Crippen LogP contribution in [0, 0.1) is 0 Å². The molecule has 2 N–H and O–H groups in total. The summed E-state index contributed by atoms with van der Waals surface area (Å²) in [5, 5.41) is 0. The standard InChI is InChI=1S/C24H28N6O4/c1-4-20(31)28-6-5-16(12-28)30-23-21(22(25)26-13-27-23)29(24(30)32)17-7-14(8-17)15-9-18(33-2)11-19(10-15)34-3/h4,9-11,13-14,16-17H,1,5-8,12H2,2-3H3,(H2,25,26,27)/t14?,16-,17?/m0/s1. The number of anilines is 1. The maximum absolute atomic E-state index is 13.7. The van der Waals surface area contributed by atoms with Gasteiger partial charge in [0.1, 0.15) is 23.3 Å². The van der Waals surface area contributed by atoms with Crippen molar-refractivity contribution in [3.8, 4) is 11.5 Å². The van der Waals surface area contributed by atoms with E-state index in [1.165, 1.54) is 12.4 Å². The lowest BCUT2D eigenvalue weighted by Crippen LogP contribution is -2.36. The summed E-state index contributed by atoms with van der Waals surface area (Å²) < 4.78 is 14.2. The molecule has 2 aromatic heterocycles.